The fourth-order valence-corrected chi connectivity index (χ4v) is 3.02. The van der Waals surface area contributed by atoms with E-state index < -0.39 is 5.97 Å². The molecule has 0 aromatic carbocycles. The third-order valence-electron chi connectivity index (χ3n) is 4.39. The van der Waals surface area contributed by atoms with Crippen LogP contribution in [0.4, 0.5) is 0 Å². The quantitative estimate of drug-likeness (QED) is 0.706. The lowest BCUT2D eigenvalue weighted by molar-refractivity contribution is -0.130. The second kappa shape index (κ2) is 5.10. The minimum atomic E-state index is -1.01. The van der Waals surface area contributed by atoms with Crippen molar-refractivity contribution in [2.24, 2.45) is 11.8 Å². The molecule has 0 spiro atoms. The summed E-state index contributed by atoms with van der Waals surface area (Å²) in [5, 5.41) is 8.49. The highest BCUT2D eigenvalue weighted by molar-refractivity contribution is 5.86. The van der Waals surface area contributed by atoms with Crippen LogP contribution in [-0.4, -0.2) is 34.6 Å². The highest BCUT2D eigenvalue weighted by Gasteiger charge is 2.37. The smallest absolute Gasteiger partial charge is 0.381 e. The van der Waals surface area contributed by atoms with E-state index >= 15 is 0 Å². The number of hydrogen-bond donors (Lipinski definition) is 1. The molecule has 0 amide bonds. The van der Waals surface area contributed by atoms with Gasteiger partial charge >= 0.3 is 5.97 Å². The molecule has 0 aromatic heterocycles. The first kappa shape index (κ1) is 12.4. The maximum atomic E-state index is 10.3. The molecule has 3 nitrogen and oxygen atoms in total. The van der Waals surface area contributed by atoms with E-state index in [-0.39, 0.29) is 0 Å². The van der Waals surface area contributed by atoms with Crippen molar-refractivity contribution >= 4 is 5.97 Å². The van der Waals surface area contributed by atoms with Crippen molar-refractivity contribution in [3.8, 4) is 11.8 Å². The third kappa shape index (κ3) is 2.81. The van der Waals surface area contributed by atoms with E-state index in [2.05, 4.69) is 30.6 Å². The van der Waals surface area contributed by atoms with Crippen LogP contribution in [0.2, 0.25) is 0 Å². The van der Waals surface area contributed by atoms with Gasteiger partial charge in [0.05, 0.1) is 0 Å². The molecule has 2 rings (SSSR count). The lowest BCUT2D eigenvalue weighted by Gasteiger charge is -2.48. The molecule has 17 heavy (non-hydrogen) atoms. The molecule has 1 N–H and O–H groups in total. The van der Waals surface area contributed by atoms with Gasteiger partial charge in [0.25, 0.3) is 0 Å². The molecule has 1 aliphatic carbocycles. The van der Waals surface area contributed by atoms with Gasteiger partial charge in [-0.2, -0.15) is 0 Å². The van der Waals surface area contributed by atoms with Crippen molar-refractivity contribution in [1.82, 2.24) is 4.90 Å². The van der Waals surface area contributed by atoms with Crippen LogP contribution in [0.25, 0.3) is 0 Å². The Kier molecular flexibility index (Phi) is 3.73. The van der Waals surface area contributed by atoms with Gasteiger partial charge in [-0.1, -0.05) is 12.8 Å². The molecule has 0 aromatic rings. The number of hydrogen-bond acceptors (Lipinski definition) is 2. The fourth-order valence-electron chi connectivity index (χ4n) is 3.02. The molecule has 1 aliphatic heterocycles. The largest absolute Gasteiger partial charge is 0.472 e. The average molecular weight is 235 g/mol. The summed E-state index contributed by atoms with van der Waals surface area (Å²) >= 11 is 0. The topological polar surface area (TPSA) is 40.5 Å². The first-order chi connectivity index (χ1) is 8.08. The SMILES string of the molecule is CC1CCCN(C2CC(C#CC(=O)O)C2)C1C. The van der Waals surface area contributed by atoms with Crippen LogP contribution in [0.15, 0.2) is 0 Å². The van der Waals surface area contributed by atoms with Gasteiger partial charge in [0.1, 0.15) is 0 Å². The Morgan fingerprint density at radius 2 is 2.06 bits per heavy atom. The number of carboxylic acids is 1. The molecule has 0 radical (unpaired) electrons. The highest BCUT2D eigenvalue weighted by atomic mass is 16.4. The van der Waals surface area contributed by atoms with Crippen LogP contribution in [0, 0.1) is 23.7 Å². The number of piperidine rings is 1. The predicted molar refractivity (Wildman–Crippen MR) is 66.5 cm³/mol. The number of carboxylic acid groups (broad SMARTS) is 1. The molecule has 2 fully saturated rings. The maximum absolute atomic E-state index is 10.3. The Hall–Kier alpha value is -1.01. The number of carbonyl (C=O) groups is 1. The molecule has 2 atom stereocenters. The second-order valence-corrected chi connectivity index (χ2v) is 5.49. The summed E-state index contributed by atoms with van der Waals surface area (Å²) in [6, 6.07) is 1.31. The van der Waals surface area contributed by atoms with Gasteiger partial charge in [-0.3, -0.25) is 4.90 Å². The molecule has 94 valence electrons. The number of nitrogens with zero attached hydrogens (tertiary/aromatic N) is 1. The molecular formula is C14H21NO2. The van der Waals surface area contributed by atoms with Crippen molar-refractivity contribution in [2.45, 2.75) is 51.6 Å². The van der Waals surface area contributed by atoms with Crippen LogP contribution in [-0.2, 0) is 4.79 Å². The van der Waals surface area contributed by atoms with E-state index in [1.165, 1.54) is 19.4 Å². The maximum Gasteiger partial charge on any atom is 0.381 e. The standard InChI is InChI=1S/C14H21NO2/c1-10-4-3-7-15(11(10)2)13-8-12(9-13)5-6-14(16)17/h10-13H,3-4,7-9H2,1-2H3,(H,16,17). The predicted octanol–water partition coefficient (Wildman–Crippen LogP) is 1.97. The zero-order valence-electron chi connectivity index (χ0n) is 10.6. The summed E-state index contributed by atoms with van der Waals surface area (Å²) in [6.07, 6.45) is 4.74. The summed E-state index contributed by atoms with van der Waals surface area (Å²) in [4.78, 5) is 12.9. The molecule has 2 unspecified atom stereocenters. The molecular weight excluding hydrogens is 214 g/mol. The van der Waals surface area contributed by atoms with E-state index in [0.29, 0.717) is 18.0 Å². The molecule has 1 heterocycles. The van der Waals surface area contributed by atoms with Crippen LogP contribution in [0.1, 0.15) is 39.5 Å². The van der Waals surface area contributed by atoms with Crippen LogP contribution in [0.5, 0.6) is 0 Å². The Bertz CT molecular complexity index is 349. The lowest BCUT2D eigenvalue weighted by atomic mass is 9.77. The van der Waals surface area contributed by atoms with Crippen molar-refractivity contribution in [1.29, 1.82) is 0 Å². The lowest BCUT2D eigenvalue weighted by Crippen LogP contribution is -2.53. The second-order valence-electron chi connectivity index (χ2n) is 5.49. The molecule has 3 heteroatoms. The van der Waals surface area contributed by atoms with Crippen LogP contribution < -0.4 is 0 Å². The monoisotopic (exact) mass is 235 g/mol. The Balaban J connectivity index is 1.83. The Morgan fingerprint density at radius 3 is 2.71 bits per heavy atom. The summed E-state index contributed by atoms with van der Waals surface area (Å²) in [6.45, 7) is 5.85. The molecule has 2 aliphatic rings. The zero-order chi connectivity index (χ0) is 12.4. The van der Waals surface area contributed by atoms with Gasteiger partial charge in [0, 0.05) is 23.9 Å². The summed E-state index contributed by atoms with van der Waals surface area (Å²) in [7, 11) is 0. The molecule has 0 bridgehead atoms. The molecule has 1 saturated heterocycles. The first-order valence-electron chi connectivity index (χ1n) is 6.58. The van der Waals surface area contributed by atoms with Gasteiger partial charge in [-0.15, -0.1) is 0 Å². The number of rotatable bonds is 1. The summed E-state index contributed by atoms with van der Waals surface area (Å²) in [5.41, 5.74) is 0. The highest BCUT2D eigenvalue weighted by Crippen LogP contribution is 2.36. The average Bonchev–Trinajstić information content (AvgIpc) is 2.21. The number of aliphatic carboxylic acids is 1. The summed E-state index contributed by atoms with van der Waals surface area (Å²) in [5.74, 6) is 5.16. The summed E-state index contributed by atoms with van der Waals surface area (Å²) < 4.78 is 0. The van der Waals surface area contributed by atoms with Gasteiger partial charge in [0.2, 0.25) is 0 Å². The van der Waals surface area contributed by atoms with Crippen molar-refractivity contribution in [3.63, 3.8) is 0 Å². The number of likely N-dealkylation sites (tertiary alicyclic amines) is 1. The van der Waals surface area contributed by atoms with Crippen molar-refractivity contribution in [2.75, 3.05) is 6.54 Å². The Morgan fingerprint density at radius 1 is 1.35 bits per heavy atom. The van der Waals surface area contributed by atoms with Crippen molar-refractivity contribution < 1.29 is 9.90 Å². The third-order valence-corrected chi connectivity index (χ3v) is 4.39. The first-order valence-corrected chi connectivity index (χ1v) is 6.58. The van der Waals surface area contributed by atoms with Gasteiger partial charge in [-0.05, 0) is 45.1 Å². The van der Waals surface area contributed by atoms with E-state index in [9.17, 15) is 4.79 Å². The van der Waals surface area contributed by atoms with Gasteiger partial charge in [0.15, 0.2) is 0 Å². The zero-order valence-corrected chi connectivity index (χ0v) is 10.6. The van der Waals surface area contributed by atoms with Crippen molar-refractivity contribution in [3.05, 3.63) is 0 Å². The van der Waals surface area contributed by atoms with Gasteiger partial charge in [-0.25, -0.2) is 4.79 Å². The van der Waals surface area contributed by atoms with Gasteiger partial charge < -0.3 is 5.11 Å². The van der Waals surface area contributed by atoms with E-state index in [0.717, 1.165) is 18.8 Å². The molecule has 1 saturated carbocycles. The van der Waals surface area contributed by atoms with Crippen LogP contribution >= 0.6 is 0 Å². The Labute approximate surface area is 103 Å². The van der Waals surface area contributed by atoms with E-state index in [1.807, 2.05) is 0 Å². The fraction of sp³-hybridized carbons (Fsp3) is 0.786. The minimum Gasteiger partial charge on any atom is -0.472 e. The normalized spacial score (nSPS) is 37.8. The van der Waals surface area contributed by atoms with E-state index in [1.54, 1.807) is 0 Å². The van der Waals surface area contributed by atoms with E-state index in [4.69, 9.17) is 5.11 Å². The van der Waals surface area contributed by atoms with Crippen LogP contribution in [0.3, 0.4) is 0 Å². The minimum absolute atomic E-state index is 0.306.